The van der Waals surface area contributed by atoms with E-state index in [2.05, 4.69) is 20.7 Å². The van der Waals surface area contributed by atoms with Crippen molar-refractivity contribution in [3.8, 4) is 11.5 Å². The Hall–Kier alpha value is -1.64. The van der Waals surface area contributed by atoms with Crippen LogP contribution in [0.3, 0.4) is 0 Å². The zero-order chi connectivity index (χ0) is 16.4. The first kappa shape index (κ1) is 16.2. The van der Waals surface area contributed by atoms with Crippen molar-refractivity contribution >= 4 is 26.0 Å². The lowest BCUT2D eigenvalue weighted by molar-refractivity contribution is 0.171. The molecule has 2 aromatic carbocycles. The van der Waals surface area contributed by atoms with Gasteiger partial charge in [-0.05, 0) is 51.8 Å². The highest BCUT2D eigenvalue weighted by Crippen LogP contribution is 2.31. The highest BCUT2D eigenvalue weighted by molar-refractivity contribution is 9.10. The van der Waals surface area contributed by atoms with Gasteiger partial charge < -0.3 is 9.47 Å². The van der Waals surface area contributed by atoms with Gasteiger partial charge >= 0.3 is 0 Å². The molecule has 1 aliphatic rings. The molecule has 0 saturated carbocycles. The van der Waals surface area contributed by atoms with Crippen LogP contribution in [0.2, 0.25) is 0 Å². The number of benzene rings is 2. The lowest BCUT2D eigenvalue weighted by Gasteiger charge is -2.19. The van der Waals surface area contributed by atoms with Gasteiger partial charge in [0.05, 0.1) is 4.90 Å². The predicted molar refractivity (Wildman–Crippen MR) is 85.6 cm³/mol. The normalized spacial score (nSPS) is 13.8. The predicted octanol–water partition coefficient (Wildman–Crippen LogP) is 2.84. The maximum Gasteiger partial charge on any atom is 0.241 e. The number of halogens is 2. The molecular weight excluding hydrogens is 389 g/mol. The molecule has 0 atom stereocenters. The SMILES string of the molecule is O=S(=O)(NCc1ccc2c(c1)OCCO2)c1ccc(F)cc1Br. The minimum Gasteiger partial charge on any atom is -0.486 e. The van der Waals surface area contributed by atoms with E-state index in [0.29, 0.717) is 24.7 Å². The fourth-order valence-corrected chi connectivity index (χ4v) is 4.21. The molecule has 122 valence electrons. The monoisotopic (exact) mass is 401 g/mol. The van der Waals surface area contributed by atoms with Crippen LogP contribution in [0.4, 0.5) is 4.39 Å². The van der Waals surface area contributed by atoms with Crippen LogP contribution in [0.1, 0.15) is 5.56 Å². The third-order valence-electron chi connectivity index (χ3n) is 3.26. The highest BCUT2D eigenvalue weighted by atomic mass is 79.9. The van der Waals surface area contributed by atoms with E-state index < -0.39 is 15.8 Å². The van der Waals surface area contributed by atoms with Crippen molar-refractivity contribution in [2.75, 3.05) is 13.2 Å². The molecule has 0 fully saturated rings. The molecule has 0 spiro atoms. The van der Waals surface area contributed by atoms with Gasteiger partial charge in [0, 0.05) is 11.0 Å². The van der Waals surface area contributed by atoms with Crippen LogP contribution >= 0.6 is 15.9 Å². The standard InChI is InChI=1S/C15H13BrFNO4S/c16-12-8-11(17)2-4-15(12)23(19,20)18-9-10-1-3-13-14(7-10)22-6-5-21-13/h1-4,7-8,18H,5-6,9H2. The minimum atomic E-state index is -3.76. The second-order valence-electron chi connectivity index (χ2n) is 4.88. The summed E-state index contributed by atoms with van der Waals surface area (Å²) < 4.78 is 51.2. The summed E-state index contributed by atoms with van der Waals surface area (Å²) in [6.07, 6.45) is 0. The average Bonchev–Trinajstić information content (AvgIpc) is 2.52. The molecule has 0 aromatic heterocycles. The van der Waals surface area contributed by atoms with Gasteiger partial charge in [-0.15, -0.1) is 0 Å². The largest absolute Gasteiger partial charge is 0.486 e. The molecule has 5 nitrogen and oxygen atoms in total. The number of nitrogens with one attached hydrogen (secondary N) is 1. The third-order valence-corrected chi connectivity index (χ3v) is 5.63. The fraction of sp³-hybridized carbons (Fsp3) is 0.200. The van der Waals surface area contributed by atoms with Gasteiger partial charge in [-0.3, -0.25) is 0 Å². The van der Waals surface area contributed by atoms with Gasteiger partial charge in [0.25, 0.3) is 0 Å². The summed E-state index contributed by atoms with van der Waals surface area (Å²) >= 11 is 3.06. The summed E-state index contributed by atoms with van der Waals surface area (Å²) in [7, 11) is -3.76. The van der Waals surface area contributed by atoms with Crippen molar-refractivity contribution in [3.05, 3.63) is 52.3 Å². The van der Waals surface area contributed by atoms with Crippen molar-refractivity contribution in [2.24, 2.45) is 0 Å². The Morgan fingerprint density at radius 3 is 2.57 bits per heavy atom. The van der Waals surface area contributed by atoms with E-state index in [-0.39, 0.29) is 15.9 Å². The molecule has 0 amide bonds. The third kappa shape index (κ3) is 3.65. The Labute approximate surface area is 141 Å². The van der Waals surface area contributed by atoms with Crippen LogP contribution in [0.5, 0.6) is 11.5 Å². The number of ether oxygens (including phenoxy) is 2. The topological polar surface area (TPSA) is 64.6 Å². The molecule has 8 heteroatoms. The molecule has 0 unspecified atom stereocenters. The summed E-state index contributed by atoms with van der Waals surface area (Å²) in [5, 5.41) is 0. The number of hydrogen-bond donors (Lipinski definition) is 1. The molecule has 2 aromatic rings. The number of rotatable bonds is 4. The van der Waals surface area contributed by atoms with Crippen LogP contribution in [0.15, 0.2) is 45.8 Å². The lowest BCUT2D eigenvalue weighted by atomic mass is 10.2. The summed E-state index contributed by atoms with van der Waals surface area (Å²) in [4.78, 5) is -0.0172. The van der Waals surface area contributed by atoms with Gasteiger partial charge in [0.1, 0.15) is 19.0 Å². The van der Waals surface area contributed by atoms with Gasteiger partial charge in [0.2, 0.25) is 10.0 Å². The second-order valence-corrected chi connectivity index (χ2v) is 7.47. The summed E-state index contributed by atoms with van der Waals surface area (Å²) in [5.41, 5.74) is 0.732. The molecule has 3 rings (SSSR count). The maximum atomic E-state index is 13.1. The first-order valence-electron chi connectivity index (χ1n) is 6.79. The molecule has 0 radical (unpaired) electrons. The molecular formula is C15H13BrFNO4S. The Morgan fingerprint density at radius 1 is 1.09 bits per heavy atom. The van der Waals surface area contributed by atoms with Crippen LogP contribution < -0.4 is 14.2 Å². The van der Waals surface area contributed by atoms with Crippen LogP contribution in [0, 0.1) is 5.82 Å². The molecule has 0 aliphatic carbocycles. The van der Waals surface area contributed by atoms with Crippen molar-refractivity contribution in [1.29, 1.82) is 0 Å². The van der Waals surface area contributed by atoms with E-state index in [1.807, 2.05) is 0 Å². The summed E-state index contributed by atoms with van der Waals surface area (Å²) in [6.45, 7) is 1.05. The lowest BCUT2D eigenvalue weighted by Crippen LogP contribution is -2.24. The average molecular weight is 402 g/mol. The summed E-state index contributed by atoms with van der Waals surface area (Å²) in [6, 6.07) is 8.66. The van der Waals surface area contributed by atoms with Crippen LogP contribution in [0.25, 0.3) is 0 Å². The van der Waals surface area contributed by atoms with Crippen molar-refractivity contribution < 1.29 is 22.3 Å². The highest BCUT2D eigenvalue weighted by Gasteiger charge is 2.18. The molecule has 0 saturated heterocycles. The quantitative estimate of drug-likeness (QED) is 0.855. The number of fused-ring (bicyclic) bond motifs is 1. The van der Waals surface area contributed by atoms with Gasteiger partial charge in [0.15, 0.2) is 11.5 Å². The molecule has 1 heterocycles. The number of hydrogen-bond acceptors (Lipinski definition) is 4. The number of sulfonamides is 1. The fourth-order valence-electron chi connectivity index (χ4n) is 2.15. The smallest absolute Gasteiger partial charge is 0.241 e. The van der Waals surface area contributed by atoms with E-state index >= 15 is 0 Å². The first-order valence-corrected chi connectivity index (χ1v) is 9.06. The molecule has 0 bridgehead atoms. The zero-order valence-corrected chi connectivity index (χ0v) is 14.3. The van der Waals surface area contributed by atoms with Crippen molar-refractivity contribution in [3.63, 3.8) is 0 Å². The Bertz CT molecular complexity index is 841. The second kappa shape index (κ2) is 6.46. The van der Waals surface area contributed by atoms with E-state index in [4.69, 9.17) is 9.47 Å². The zero-order valence-electron chi connectivity index (χ0n) is 11.9. The molecule has 1 aliphatic heterocycles. The van der Waals surface area contributed by atoms with Crippen LogP contribution in [-0.4, -0.2) is 21.6 Å². The first-order chi connectivity index (χ1) is 11.0. The van der Waals surface area contributed by atoms with E-state index in [0.717, 1.165) is 17.7 Å². The van der Waals surface area contributed by atoms with E-state index in [1.165, 1.54) is 6.07 Å². The van der Waals surface area contributed by atoms with Crippen LogP contribution in [-0.2, 0) is 16.6 Å². The Morgan fingerprint density at radius 2 is 1.83 bits per heavy atom. The minimum absolute atomic E-state index is 0.0172. The maximum absolute atomic E-state index is 13.1. The van der Waals surface area contributed by atoms with Gasteiger partial charge in [-0.25, -0.2) is 17.5 Å². The Balaban J connectivity index is 1.76. The molecule has 23 heavy (non-hydrogen) atoms. The van der Waals surface area contributed by atoms with Crippen molar-refractivity contribution in [1.82, 2.24) is 4.72 Å². The van der Waals surface area contributed by atoms with E-state index in [9.17, 15) is 12.8 Å². The molecule has 1 N–H and O–H groups in total. The van der Waals surface area contributed by atoms with Gasteiger partial charge in [-0.2, -0.15) is 0 Å². The summed E-state index contributed by atoms with van der Waals surface area (Å²) in [5.74, 6) is 0.725. The van der Waals surface area contributed by atoms with E-state index in [1.54, 1.807) is 18.2 Å². The van der Waals surface area contributed by atoms with Gasteiger partial charge in [-0.1, -0.05) is 6.07 Å². The van der Waals surface area contributed by atoms with Crippen molar-refractivity contribution in [2.45, 2.75) is 11.4 Å². The Kier molecular flexibility index (Phi) is 4.56.